The van der Waals surface area contributed by atoms with Gasteiger partial charge >= 0.3 is 0 Å². The van der Waals surface area contributed by atoms with Gasteiger partial charge in [0.05, 0.1) is 12.3 Å². The molecule has 2 aromatic rings. The van der Waals surface area contributed by atoms with Gasteiger partial charge in [0.25, 0.3) is 0 Å². The molecule has 0 radical (unpaired) electrons. The van der Waals surface area contributed by atoms with Crippen LogP contribution in [0.4, 0.5) is 0 Å². The molecule has 0 aliphatic heterocycles. The molecule has 1 heterocycles. The summed E-state index contributed by atoms with van der Waals surface area (Å²) in [5.41, 5.74) is 3.47. The van der Waals surface area contributed by atoms with Gasteiger partial charge in [-0.15, -0.1) is 0 Å². The third kappa shape index (κ3) is 2.54. The summed E-state index contributed by atoms with van der Waals surface area (Å²) in [5.74, 6) is 0. The second-order valence-electron chi connectivity index (χ2n) is 4.00. The molecule has 0 saturated carbocycles. The molecule has 1 aromatic heterocycles. The summed E-state index contributed by atoms with van der Waals surface area (Å²) in [6, 6.07) is 10.3. The number of hydrogen-bond donors (Lipinski definition) is 1. The van der Waals surface area contributed by atoms with Crippen molar-refractivity contribution in [1.82, 2.24) is 5.32 Å². The van der Waals surface area contributed by atoms with Gasteiger partial charge in [0.15, 0.2) is 5.22 Å². The number of nitrogens with one attached hydrogen (secondary N) is 1. The predicted molar refractivity (Wildman–Crippen MR) is 70.4 cm³/mol. The number of halogens is 1. The number of benzene rings is 1. The van der Waals surface area contributed by atoms with E-state index in [1.807, 2.05) is 18.2 Å². The molecular weight excluding hydrogens is 234 g/mol. The molecule has 1 N–H and O–H groups in total. The second-order valence-corrected chi connectivity index (χ2v) is 4.34. The highest BCUT2D eigenvalue weighted by Gasteiger charge is 2.19. The summed E-state index contributed by atoms with van der Waals surface area (Å²) >= 11 is 6.07. The van der Waals surface area contributed by atoms with Crippen LogP contribution < -0.4 is 5.32 Å². The van der Waals surface area contributed by atoms with Crippen LogP contribution in [0.25, 0.3) is 0 Å². The minimum atomic E-state index is 0.0902. The molecule has 0 amide bonds. The van der Waals surface area contributed by atoms with Gasteiger partial charge in [-0.05, 0) is 42.3 Å². The Morgan fingerprint density at radius 2 is 2.00 bits per heavy atom. The molecule has 0 bridgehead atoms. The Labute approximate surface area is 107 Å². The zero-order valence-electron chi connectivity index (χ0n) is 10.0. The summed E-state index contributed by atoms with van der Waals surface area (Å²) < 4.78 is 5.18. The Bertz CT molecular complexity index is 492. The van der Waals surface area contributed by atoms with Gasteiger partial charge in [-0.2, -0.15) is 0 Å². The highest BCUT2D eigenvalue weighted by molar-refractivity contribution is 6.29. The molecule has 1 unspecified atom stereocenters. The summed E-state index contributed by atoms with van der Waals surface area (Å²) in [6.45, 7) is 5.06. The molecule has 0 aliphatic carbocycles. The van der Waals surface area contributed by atoms with Crippen molar-refractivity contribution < 1.29 is 4.42 Å². The Hall–Kier alpha value is -1.25. The predicted octanol–water partition coefficient (Wildman–Crippen LogP) is 3.94. The lowest BCUT2D eigenvalue weighted by atomic mass is 9.97. The Kier molecular flexibility index (Phi) is 3.87. The molecule has 2 nitrogen and oxygen atoms in total. The van der Waals surface area contributed by atoms with Crippen molar-refractivity contribution in [3.8, 4) is 0 Å². The van der Waals surface area contributed by atoms with Crippen molar-refractivity contribution in [2.75, 3.05) is 6.54 Å². The van der Waals surface area contributed by atoms with Gasteiger partial charge in [-0.1, -0.05) is 31.2 Å². The van der Waals surface area contributed by atoms with Gasteiger partial charge in [0, 0.05) is 5.56 Å². The summed E-state index contributed by atoms with van der Waals surface area (Å²) in [6.07, 6.45) is 1.63. The third-order valence-electron chi connectivity index (χ3n) is 2.86. The molecule has 0 saturated heterocycles. The van der Waals surface area contributed by atoms with E-state index < -0.39 is 0 Å². The zero-order chi connectivity index (χ0) is 12.3. The first kappa shape index (κ1) is 12.2. The number of hydrogen-bond acceptors (Lipinski definition) is 2. The first-order valence-corrected chi connectivity index (χ1v) is 6.13. The van der Waals surface area contributed by atoms with E-state index in [-0.39, 0.29) is 6.04 Å². The van der Waals surface area contributed by atoms with E-state index in [1.165, 1.54) is 11.1 Å². The van der Waals surface area contributed by atoms with Crippen LogP contribution in [0.3, 0.4) is 0 Å². The molecule has 0 aliphatic rings. The molecule has 17 heavy (non-hydrogen) atoms. The molecule has 1 atom stereocenters. The highest BCUT2D eigenvalue weighted by atomic mass is 35.5. The minimum absolute atomic E-state index is 0.0902. The van der Waals surface area contributed by atoms with Crippen LogP contribution in [-0.4, -0.2) is 6.54 Å². The first-order chi connectivity index (χ1) is 8.24. The van der Waals surface area contributed by atoms with Crippen molar-refractivity contribution in [2.24, 2.45) is 0 Å². The number of rotatable bonds is 4. The van der Waals surface area contributed by atoms with Gasteiger partial charge in [0.1, 0.15) is 0 Å². The smallest absolute Gasteiger partial charge is 0.198 e. The van der Waals surface area contributed by atoms with Crippen LogP contribution >= 0.6 is 11.6 Å². The van der Waals surface area contributed by atoms with E-state index in [9.17, 15) is 0 Å². The quantitative estimate of drug-likeness (QED) is 0.888. The van der Waals surface area contributed by atoms with E-state index in [1.54, 1.807) is 6.26 Å². The average Bonchev–Trinajstić information content (AvgIpc) is 2.74. The van der Waals surface area contributed by atoms with Crippen LogP contribution in [0, 0.1) is 6.92 Å². The molecule has 90 valence electrons. The maximum absolute atomic E-state index is 6.07. The summed E-state index contributed by atoms with van der Waals surface area (Å²) in [5, 5.41) is 3.90. The SMILES string of the molecule is CCNC(c1ccccc1C)c1ccoc1Cl. The van der Waals surface area contributed by atoms with Crippen molar-refractivity contribution >= 4 is 11.6 Å². The van der Waals surface area contributed by atoms with Gasteiger partial charge in [-0.25, -0.2) is 0 Å². The van der Waals surface area contributed by atoms with Crippen LogP contribution in [0.15, 0.2) is 41.0 Å². The molecular formula is C14H16ClNO. The van der Waals surface area contributed by atoms with Crippen LogP contribution in [0.2, 0.25) is 5.22 Å². The summed E-state index contributed by atoms with van der Waals surface area (Å²) in [4.78, 5) is 0. The first-order valence-electron chi connectivity index (χ1n) is 5.75. The average molecular weight is 250 g/mol. The van der Waals surface area contributed by atoms with Crippen LogP contribution in [0.1, 0.15) is 29.7 Å². The maximum Gasteiger partial charge on any atom is 0.198 e. The number of aryl methyl sites for hydroxylation is 1. The van der Waals surface area contributed by atoms with Gasteiger partial charge < -0.3 is 9.73 Å². The fourth-order valence-electron chi connectivity index (χ4n) is 2.01. The van der Waals surface area contributed by atoms with Crippen molar-refractivity contribution in [3.63, 3.8) is 0 Å². The fraction of sp³-hybridized carbons (Fsp3) is 0.286. The van der Waals surface area contributed by atoms with Gasteiger partial charge in [0.2, 0.25) is 0 Å². The second kappa shape index (κ2) is 5.39. The molecule has 0 fully saturated rings. The monoisotopic (exact) mass is 249 g/mol. The minimum Gasteiger partial charge on any atom is -0.453 e. The Morgan fingerprint density at radius 1 is 1.24 bits per heavy atom. The van der Waals surface area contributed by atoms with E-state index in [4.69, 9.17) is 16.0 Å². The standard InChI is InChI=1S/C14H16ClNO/c1-3-16-13(12-8-9-17-14(12)15)11-7-5-4-6-10(11)2/h4-9,13,16H,3H2,1-2H3. The molecule has 2 rings (SSSR count). The van der Waals surface area contributed by atoms with Crippen LogP contribution in [-0.2, 0) is 0 Å². The van der Waals surface area contributed by atoms with Crippen molar-refractivity contribution in [2.45, 2.75) is 19.9 Å². The largest absolute Gasteiger partial charge is 0.453 e. The molecule has 0 spiro atoms. The van der Waals surface area contributed by atoms with Crippen molar-refractivity contribution in [3.05, 3.63) is 58.5 Å². The lowest BCUT2D eigenvalue weighted by Gasteiger charge is -2.19. The van der Waals surface area contributed by atoms with E-state index in [0.29, 0.717) is 5.22 Å². The maximum atomic E-state index is 6.07. The topological polar surface area (TPSA) is 25.2 Å². The third-order valence-corrected chi connectivity index (χ3v) is 3.17. The lowest BCUT2D eigenvalue weighted by Crippen LogP contribution is -2.22. The highest BCUT2D eigenvalue weighted by Crippen LogP contribution is 2.30. The van der Waals surface area contributed by atoms with E-state index in [0.717, 1.165) is 12.1 Å². The Balaban J connectivity index is 2.43. The van der Waals surface area contributed by atoms with E-state index in [2.05, 4.69) is 31.3 Å². The lowest BCUT2D eigenvalue weighted by molar-refractivity contribution is 0.554. The summed E-state index contributed by atoms with van der Waals surface area (Å²) in [7, 11) is 0. The van der Waals surface area contributed by atoms with Gasteiger partial charge in [-0.3, -0.25) is 0 Å². The zero-order valence-corrected chi connectivity index (χ0v) is 10.8. The fourth-order valence-corrected chi connectivity index (χ4v) is 2.24. The molecule has 3 heteroatoms. The Morgan fingerprint density at radius 3 is 2.59 bits per heavy atom. The molecule has 1 aromatic carbocycles. The van der Waals surface area contributed by atoms with Crippen molar-refractivity contribution in [1.29, 1.82) is 0 Å². The van der Waals surface area contributed by atoms with E-state index >= 15 is 0 Å². The normalized spacial score (nSPS) is 12.6. The number of furan rings is 1. The van der Waals surface area contributed by atoms with Crippen LogP contribution in [0.5, 0.6) is 0 Å².